The monoisotopic (exact) mass is 444 g/mol. The Morgan fingerprint density at radius 1 is 1.03 bits per heavy atom. The SMILES string of the molecule is COC1CC(=O)c2cccc3c2C12Oc1ccc(O)c4c1C(O3)(O2)C(OC)C(Cl)C4=O. The van der Waals surface area contributed by atoms with Crippen molar-refractivity contribution in [1.82, 2.24) is 0 Å². The Hall–Kier alpha value is -2.65. The van der Waals surface area contributed by atoms with E-state index in [4.69, 9.17) is 35.3 Å². The number of alkyl halides is 1. The third kappa shape index (κ3) is 2.06. The highest BCUT2D eigenvalue weighted by atomic mass is 35.5. The lowest BCUT2D eigenvalue weighted by molar-refractivity contribution is -0.407. The number of hydrogen-bond acceptors (Lipinski definition) is 8. The van der Waals surface area contributed by atoms with Gasteiger partial charge in [-0.25, -0.2) is 0 Å². The maximum absolute atomic E-state index is 13.0. The molecule has 2 aromatic carbocycles. The van der Waals surface area contributed by atoms with Gasteiger partial charge in [0.1, 0.15) is 28.7 Å². The van der Waals surface area contributed by atoms with E-state index < -0.39 is 34.9 Å². The molecule has 2 heterocycles. The topological polar surface area (TPSA) is 101 Å². The van der Waals surface area contributed by atoms with Gasteiger partial charge in [-0.05, 0) is 18.2 Å². The molecule has 5 atom stereocenters. The van der Waals surface area contributed by atoms with Crippen molar-refractivity contribution in [2.45, 2.75) is 35.6 Å². The Morgan fingerprint density at radius 2 is 1.77 bits per heavy atom. The van der Waals surface area contributed by atoms with Crippen LogP contribution in [0.3, 0.4) is 0 Å². The highest BCUT2D eigenvalue weighted by Crippen LogP contribution is 2.62. The number of carbonyl (C=O) groups excluding carboxylic acids is 2. The van der Waals surface area contributed by atoms with Gasteiger partial charge in [-0.15, -0.1) is 11.6 Å². The minimum atomic E-state index is -1.71. The number of carbonyl (C=O) groups is 2. The van der Waals surface area contributed by atoms with Crippen molar-refractivity contribution in [1.29, 1.82) is 0 Å². The van der Waals surface area contributed by atoms with Crippen LogP contribution in [-0.2, 0) is 25.8 Å². The molecule has 0 fully saturated rings. The van der Waals surface area contributed by atoms with Gasteiger partial charge in [0.25, 0.3) is 11.6 Å². The summed E-state index contributed by atoms with van der Waals surface area (Å²) in [7, 11) is 2.87. The highest BCUT2D eigenvalue weighted by Gasteiger charge is 2.71. The van der Waals surface area contributed by atoms with Crippen molar-refractivity contribution in [2.24, 2.45) is 0 Å². The fourth-order valence-corrected chi connectivity index (χ4v) is 5.58. The van der Waals surface area contributed by atoms with Crippen LogP contribution in [0.4, 0.5) is 0 Å². The number of ether oxygens (including phenoxy) is 5. The molecule has 2 spiro atoms. The zero-order chi connectivity index (χ0) is 21.7. The third-order valence-corrected chi connectivity index (χ3v) is 6.89. The summed E-state index contributed by atoms with van der Waals surface area (Å²) in [4.78, 5) is 25.8. The van der Waals surface area contributed by atoms with E-state index in [1.807, 2.05) is 0 Å². The van der Waals surface area contributed by atoms with Crippen molar-refractivity contribution < 1.29 is 38.4 Å². The Bertz CT molecular complexity index is 1180. The maximum Gasteiger partial charge on any atom is 0.273 e. The van der Waals surface area contributed by atoms with Gasteiger partial charge in [0.05, 0.1) is 16.7 Å². The molecule has 31 heavy (non-hydrogen) atoms. The first-order valence-electron chi connectivity index (χ1n) is 9.73. The molecule has 2 aliphatic heterocycles. The average Bonchev–Trinajstić information content (AvgIpc) is 2.75. The third-order valence-electron chi connectivity index (χ3n) is 6.47. The van der Waals surface area contributed by atoms with Crippen molar-refractivity contribution in [3.63, 3.8) is 0 Å². The molecule has 0 saturated heterocycles. The van der Waals surface area contributed by atoms with Crippen molar-refractivity contribution in [3.05, 3.63) is 52.6 Å². The Kier molecular flexibility index (Phi) is 3.68. The lowest BCUT2D eigenvalue weighted by Crippen LogP contribution is -2.69. The number of benzene rings is 2. The summed E-state index contributed by atoms with van der Waals surface area (Å²) >= 11 is 6.51. The zero-order valence-corrected chi connectivity index (χ0v) is 17.3. The minimum absolute atomic E-state index is 0.0180. The number of methoxy groups -OCH3 is 2. The number of rotatable bonds is 2. The molecule has 6 rings (SSSR count). The van der Waals surface area contributed by atoms with Crippen LogP contribution in [-0.4, -0.2) is 48.5 Å². The molecule has 8 nitrogen and oxygen atoms in total. The quantitative estimate of drug-likeness (QED) is 0.705. The predicted octanol–water partition coefficient (Wildman–Crippen LogP) is 2.62. The first-order valence-corrected chi connectivity index (χ1v) is 10.2. The number of phenolic OH excluding ortho intramolecular Hbond substituents is 1. The summed E-state index contributed by atoms with van der Waals surface area (Å²) in [6, 6.07) is 7.96. The summed E-state index contributed by atoms with van der Waals surface area (Å²) in [5.41, 5.74) is 0.990. The fraction of sp³-hybridized carbons (Fsp3) is 0.364. The summed E-state index contributed by atoms with van der Waals surface area (Å²) in [5, 5.41) is 9.30. The van der Waals surface area contributed by atoms with E-state index in [2.05, 4.69) is 0 Å². The molecular weight excluding hydrogens is 428 g/mol. The second-order valence-corrected chi connectivity index (χ2v) is 8.40. The number of ketones is 2. The van der Waals surface area contributed by atoms with Gasteiger partial charge < -0.3 is 24.1 Å². The lowest BCUT2D eigenvalue weighted by Gasteiger charge is -2.58. The molecule has 1 N–H and O–H groups in total. The number of phenols is 1. The van der Waals surface area contributed by atoms with Crippen LogP contribution < -0.4 is 9.47 Å². The Labute approximate surface area is 181 Å². The summed E-state index contributed by atoms with van der Waals surface area (Å²) in [5.74, 6) is -3.58. The minimum Gasteiger partial charge on any atom is -0.507 e. The standard InChI is InChI=1S/C22H17ClO8/c1-27-14-8-11(25)9-4-3-5-12-16(9)21(14)29-13-7-6-10(24)15-17(13)22(30-12,31-21)20(28-2)18(23)19(15)26/h3-7,14,18,20,24H,8H2,1-2H3. The molecule has 0 radical (unpaired) electrons. The highest BCUT2D eigenvalue weighted by molar-refractivity contribution is 6.35. The van der Waals surface area contributed by atoms with Crippen molar-refractivity contribution in [2.75, 3.05) is 14.2 Å². The van der Waals surface area contributed by atoms with Gasteiger partial charge in [-0.2, -0.15) is 0 Å². The average molecular weight is 445 g/mol. The second-order valence-electron chi connectivity index (χ2n) is 7.93. The lowest BCUT2D eigenvalue weighted by atomic mass is 9.76. The second kappa shape index (κ2) is 5.98. The van der Waals surface area contributed by atoms with Crippen LogP contribution in [0, 0.1) is 0 Å². The van der Waals surface area contributed by atoms with Crippen LogP contribution in [0.25, 0.3) is 0 Å². The Balaban J connectivity index is 1.74. The van der Waals surface area contributed by atoms with E-state index >= 15 is 0 Å². The molecule has 9 heteroatoms. The van der Waals surface area contributed by atoms with Crippen molar-refractivity contribution in [3.8, 4) is 17.2 Å². The molecule has 0 saturated carbocycles. The van der Waals surface area contributed by atoms with Crippen LogP contribution >= 0.6 is 11.6 Å². The summed E-state index contributed by atoms with van der Waals surface area (Å²) < 4.78 is 30.6. The normalized spacial score (nSPS) is 34.4. The van der Waals surface area contributed by atoms with Gasteiger partial charge in [-0.3, -0.25) is 14.3 Å². The van der Waals surface area contributed by atoms with Crippen LogP contribution in [0.2, 0.25) is 0 Å². The van der Waals surface area contributed by atoms with E-state index in [1.165, 1.54) is 26.4 Å². The molecule has 0 aromatic heterocycles. The number of halogens is 1. The van der Waals surface area contributed by atoms with Gasteiger partial charge >= 0.3 is 0 Å². The van der Waals surface area contributed by atoms with Gasteiger partial charge in [0, 0.05) is 26.2 Å². The smallest absolute Gasteiger partial charge is 0.273 e. The zero-order valence-electron chi connectivity index (χ0n) is 16.5. The van der Waals surface area contributed by atoms with Crippen LogP contribution in [0.1, 0.15) is 38.3 Å². The summed E-state index contributed by atoms with van der Waals surface area (Å²) in [6.07, 6.45) is -1.85. The predicted molar refractivity (Wildman–Crippen MR) is 105 cm³/mol. The molecule has 160 valence electrons. The number of Topliss-reactive ketones (excluding diaryl/α,β-unsaturated/α-hetero) is 2. The largest absolute Gasteiger partial charge is 0.507 e. The summed E-state index contributed by atoms with van der Waals surface area (Å²) in [6.45, 7) is 0. The van der Waals surface area contributed by atoms with Crippen molar-refractivity contribution >= 4 is 23.2 Å². The van der Waals surface area contributed by atoms with Gasteiger partial charge in [0.15, 0.2) is 17.7 Å². The molecule has 2 aliphatic carbocycles. The van der Waals surface area contributed by atoms with Crippen LogP contribution in [0.5, 0.6) is 17.2 Å². The van der Waals surface area contributed by atoms with Gasteiger partial charge in [0.2, 0.25) is 0 Å². The first kappa shape index (κ1) is 19.1. The van der Waals surface area contributed by atoms with E-state index in [1.54, 1.807) is 18.2 Å². The maximum atomic E-state index is 13.0. The van der Waals surface area contributed by atoms with E-state index in [0.717, 1.165) is 0 Å². The fourth-order valence-electron chi connectivity index (χ4n) is 5.20. The molecule has 0 amide bonds. The first-order chi connectivity index (χ1) is 14.9. The Morgan fingerprint density at radius 3 is 2.52 bits per heavy atom. The van der Waals surface area contributed by atoms with E-state index in [0.29, 0.717) is 16.9 Å². The van der Waals surface area contributed by atoms with E-state index in [9.17, 15) is 14.7 Å². The van der Waals surface area contributed by atoms with Gasteiger partial charge in [-0.1, -0.05) is 12.1 Å². The van der Waals surface area contributed by atoms with E-state index in [-0.39, 0.29) is 34.8 Å². The number of hydrogen-bond donors (Lipinski definition) is 1. The molecule has 2 bridgehead atoms. The molecular formula is C22H17ClO8. The molecule has 4 aliphatic rings. The molecule has 2 aromatic rings. The number of aromatic hydroxyl groups is 1. The molecule has 5 unspecified atom stereocenters. The van der Waals surface area contributed by atoms with Crippen LogP contribution in [0.15, 0.2) is 30.3 Å².